The smallest absolute Gasteiger partial charge is 0.303 e. The Morgan fingerprint density at radius 3 is 2.61 bits per heavy atom. The Kier molecular flexibility index (Phi) is 5.45. The van der Waals surface area contributed by atoms with Crippen LogP contribution in [0.25, 0.3) is 0 Å². The molecule has 172 valence electrons. The van der Waals surface area contributed by atoms with Gasteiger partial charge in [0.2, 0.25) is 0 Å². The van der Waals surface area contributed by atoms with Crippen LogP contribution in [0, 0.1) is 28.6 Å². The Bertz CT molecular complexity index is 853. The van der Waals surface area contributed by atoms with E-state index in [0.29, 0.717) is 25.0 Å². The van der Waals surface area contributed by atoms with Gasteiger partial charge in [0.05, 0.1) is 11.8 Å². The lowest BCUT2D eigenvalue weighted by molar-refractivity contribution is -0.153. The van der Waals surface area contributed by atoms with Gasteiger partial charge in [-0.15, -0.1) is 0 Å². The highest BCUT2D eigenvalue weighted by Gasteiger charge is 2.67. The summed E-state index contributed by atoms with van der Waals surface area (Å²) in [6.07, 6.45) is 6.23. The van der Waals surface area contributed by atoms with Crippen LogP contribution in [-0.2, 0) is 9.53 Å². The molecular weight excluding hydrogens is 400 g/mol. The summed E-state index contributed by atoms with van der Waals surface area (Å²) in [5, 5.41) is 48.8. The van der Waals surface area contributed by atoms with Gasteiger partial charge in [-0.1, -0.05) is 29.7 Å². The number of aliphatic hydroxyl groups excluding tert-OH is 1. The molecule has 0 aliphatic heterocycles. The Hall–Kier alpha value is -1.93. The molecule has 0 amide bonds. The molecule has 3 saturated carbocycles. The number of nitrogens with zero attached hydrogens (tertiary/aromatic N) is 2. The van der Waals surface area contributed by atoms with E-state index in [1.165, 1.54) is 12.5 Å². The third-order valence-electron chi connectivity index (χ3n) is 9.20. The third-order valence-corrected chi connectivity index (χ3v) is 9.20. The fraction of sp³-hybridized carbons (Fsp3) is 0.783. The van der Waals surface area contributed by atoms with E-state index in [9.17, 15) is 25.4 Å². The highest BCUT2D eigenvalue weighted by molar-refractivity contribution is 5.96. The molecule has 0 aromatic rings. The zero-order valence-electron chi connectivity index (χ0n) is 18.5. The van der Waals surface area contributed by atoms with Crippen LogP contribution in [0.3, 0.4) is 0 Å². The van der Waals surface area contributed by atoms with Gasteiger partial charge in [0.1, 0.15) is 17.9 Å². The van der Waals surface area contributed by atoms with Crippen LogP contribution in [0.5, 0.6) is 0 Å². The SMILES string of the molecule is CC(=O)OC/C(=N\O)[C@@]1(O)CC[C@H]2[C@@H]3CCC4=CC(=NO)CC[C@]4(C)[C@H]3[C@@H](O)C[C@@]21C. The van der Waals surface area contributed by atoms with Crippen LogP contribution in [0.15, 0.2) is 22.0 Å². The van der Waals surface area contributed by atoms with Gasteiger partial charge in [-0.2, -0.15) is 0 Å². The van der Waals surface area contributed by atoms with E-state index in [1.807, 2.05) is 13.0 Å². The molecule has 4 N–H and O–H groups in total. The van der Waals surface area contributed by atoms with Crippen molar-refractivity contribution in [1.29, 1.82) is 0 Å². The molecule has 8 heteroatoms. The van der Waals surface area contributed by atoms with Gasteiger partial charge in [-0.25, -0.2) is 0 Å². The van der Waals surface area contributed by atoms with E-state index in [1.54, 1.807) is 0 Å². The predicted molar refractivity (Wildman–Crippen MR) is 113 cm³/mol. The topological polar surface area (TPSA) is 132 Å². The largest absolute Gasteiger partial charge is 0.459 e. The van der Waals surface area contributed by atoms with E-state index in [-0.39, 0.29) is 35.5 Å². The minimum Gasteiger partial charge on any atom is -0.459 e. The van der Waals surface area contributed by atoms with E-state index >= 15 is 0 Å². The minimum absolute atomic E-state index is 0.0578. The van der Waals surface area contributed by atoms with Gasteiger partial charge in [0.25, 0.3) is 0 Å². The second-order valence-electron chi connectivity index (χ2n) is 10.4. The molecule has 0 unspecified atom stereocenters. The number of esters is 1. The van der Waals surface area contributed by atoms with Crippen LogP contribution >= 0.6 is 0 Å². The fourth-order valence-electron chi connectivity index (χ4n) is 7.66. The second-order valence-corrected chi connectivity index (χ2v) is 10.4. The number of allylic oxidation sites excluding steroid dienone is 2. The summed E-state index contributed by atoms with van der Waals surface area (Å²) in [7, 11) is 0. The van der Waals surface area contributed by atoms with Gasteiger partial charge in [0.15, 0.2) is 0 Å². The molecule has 0 aromatic heterocycles. The van der Waals surface area contributed by atoms with Crippen molar-refractivity contribution in [3.63, 3.8) is 0 Å². The summed E-state index contributed by atoms with van der Waals surface area (Å²) in [6, 6.07) is 0. The van der Waals surface area contributed by atoms with E-state index in [0.717, 1.165) is 25.7 Å². The predicted octanol–water partition coefficient (Wildman–Crippen LogP) is 2.87. The highest BCUT2D eigenvalue weighted by atomic mass is 16.5. The summed E-state index contributed by atoms with van der Waals surface area (Å²) in [5.74, 6) is -0.0515. The first-order valence-corrected chi connectivity index (χ1v) is 11.3. The van der Waals surface area contributed by atoms with Crippen molar-refractivity contribution in [3.05, 3.63) is 11.6 Å². The van der Waals surface area contributed by atoms with Gasteiger partial charge < -0.3 is 25.4 Å². The molecule has 0 heterocycles. The monoisotopic (exact) mass is 434 g/mol. The maximum atomic E-state index is 11.7. The molecule has 4 rings (SSSR count). The van der Waals surface area contributed by atoms with Crippen LogP contribution < -0.4 is 0 Å². The lowest BCUT2D eigenvalue weighted by Crippen LogP contribution is -2.62. The Morgan fingerprint density at radius 2 is 1.97 bits per heavy atom. The molecule has 0 bridgehead atoms. The molecular formula is C23H34N2O6. The highest BCUT2D eigenvalue weighted by Crippen LogP contribution is 2.67. The van der Waals surface area contributed by atoms with E-state index in [2.05, 4.69) is 17.2 Å². The molecule has 3 fully saturated rings. The second kappa shape index (κ2) is 7.59. The number of aliphatic hydroxyl groups is 2. The molecule has 8 nitrogen and oxygen atoms in total. The maximum absolute atomic E-state index is 11.7. The number of carbonyl (C=O) groups is 1. The van der Waals surface area contributed by atoms with Gasteiger partial charge in [-0.3, -0.25) is 4.79 Å². The molecule has 0 spiro atoms. The number of oxime groups is 2. The molecule has 4 aliphatic carbocycles. The number of hydrogen-bond acceptors (Lipinski definition) is 8. The Balaban J connectivity index is 1.67. The molecule has 0 aromatic carbocycles. The van der Waals surface area contributed by atoms with Crippen molar-refractivity contribution in [1.82, 2.24) is 0 Å². The quantitative estimate of drug-likeness (QED) is 0.234. The number of ether oxygens (including phenoxy) is 1. The summed E-state index contributed by atoms with van der Waals surface area (Å²) in [6.45, 7) is 5.22. The first-order chi connectivity index (χ1) is 14.6. The van der Waals surface area contributed by atoms with Crippen molar-refractivity contribution in [2.45, 2.75) is 77.4 Å². The van der Waals surface area contributed by atoms with Gasteiger partial charge in [0, 0.05) is 12.3 Å². The molecule has 0 saturated heterocycles. The van der Waals surface area contributed by atoms with Crippen LogP contribution in [0.4, 0.5) is 0 Å². The Morgan fingerprint density at radius 1 is 1.23 bits per heavy atom. The number of carbonyl (C=O) groups excluding carboxylic acids is 1. The molecule has 7 atom stereocenters. The maximum Gasteiger partial charge on any atom is 0.303 e. The van der Waals surface area contributed by atoms with Gasteiger partial charge >= 0.3 is 5.97 Å². The van der Waals surface area contributed by atoms with Crippen molar-refractivity contribution >= 4 is 17.4 Å². The third kappa shape index (κ3) is 3.13. The minimum atomic E-state index is -1.44. The number of fused-ring (bicyclic) bond motifs is 5. The zero-order chi connectivity index (χ0) is 22.6. The average molecular weight is 435 g/mol. The molecule has 31 heavy (non-hydrogen) atoms. The normalized spacial score (nSPS) is 46.0. The summed E-state index contributed by atoms with van der Waals surface area (Å²) in [4.78, 5) is 11.3. The van der Waals surface area contributed by atoms with E-state index < -0.39 is 23.1 Å². The lowest BCUT2D eigenvalue weighted by Gasteiger charge is -2.60. The van der Waals surface area contributed by atoms with Gasteiger partial charge in [-0.05, 0) is 74.2 Å². The first-order valence-electron chi connectivity index (χ1n) is 11.3. The molecule has 4 aliphatic rings. The average Bonchev–Trinajstić information content (AvgIpc) is 2.98. The van der Waals surface area contributed by atoms with Crippen molar-refractivity contribution in [2.24, 2.45) is 38.9 Å². The fourth-order valence-corrected chi connectivity index (χ4v) is 7.66. The zero-order valence-corrected chi connectivity index (χ0v) is 18.5. The summed E-state index contributed by atoms with van der Waals surface area (Å²) in [5.41, 5.74) is -0.276. The molecule has 0 radical (unpaired) electrons. The number of rotatable bonds is 3. The van der Waals surface area contributed by atoms with Crippen molar-refractivity contribution < 1.29 is 30.2 Å². The standard InChI is InChI=1S/C23H34N2O6/c1-13(26)31-12-19(25-30)23(28)9-7-17-16-5-4-14-10-15(24-29)6-8-21(14,2)20(16)18(27)11-22(17,23)3/h10,16-18,20,27-30H,4-9,11-12H2,1-3H3/b24-15?,25-19+/t16-,17-,18-,20+,21-,22-,23-/m0/s1. The van der Waals surface area contributed by atoms with Crippen molar-refractivity contribution in [2.75, 3.05) is 6.61 Å². The Labute approximate surface area is 182 Å². The first kappa shape index (κ1) is 22.3. The summed E-state index contributed by atoms with van der Waals surface area (Å²) < 4.78 is 5.05. The van der Waals surface area contributed by atoms with E-state index in [4.69, 9.17) is 4.74 Å². The number of hydrogen-bond donors (Lipinski definition) is 4. The van der Waals surface area contributed by atoms with Crippen LogP contribution in [0.2, 0.25) is 0 Å². The van der Waals surface area contributed by atoms with Crippen LogP contribution in [0.1, 0.15) is 65.7 Å². The lowest BCUT2D eigenvalue weighted by atomic mass is 9.45. The summed E-state index contributed by atoms with van der Waals surface area (Å²) >= 11 is 0. The van der Waals surface area contributed by atoms with Crippen LogP contribution in [-0.4, -0.2) is 56.3 Å². The van der Waals surface area contributed by atoms with Crippen molar-refractivity contribution in [3.8, 4) is 0 Å².